The van der Waals surface area contributed by atoms with Crippen LogP contribution in [-0.4, -0.2) is 23.7 Å². The van der Waals surface area contributed by atoms with E-state index in [-0.39, 0.29) is 0 Å². The molecule has 0 bridgehead atoms. The zero-order chi connectivity index (χ0) is 13.2. The Labute approximate surface area is 114 Å². The molecule has 1 aromatic carbocycles. The maximum absolute atomic E-state index is 6.09. The van der Waals surface area contributed by atoms with Crippen molar-refractivity contribution in [2.75, 3.05) is 6.54 Å². The molecule has 1 saturated carbocycles. The fraction of sp³-hybridized carbons (Fsp3) is 0.438. The van der Waals surface area contributed by atoms with E-state index < -0.39 is 0 Å². The molecule has 1 aliphatic carbocycles. The molecule has 1 N–H and O–H groups in total. The third-order valence-electron chi connectivity index (χ3n) is 3.70. The molecule has 0 aliphatic heterocycles. The normalized spacial score (nSPS) is 22.2. The molecular weight excluding hydrogens is 236 g/mol. The fourth-order valence-corrected chi connectivity index (χ4v) is 2.61. The summed E-state index contributed by atoms with van der Waals surface area (Å²) in [4.78, 5) is 4.60. The monoisotopic (exact) mass is 256 g/mol. The van der Waals surface area contributed by atoms with Crippen LogP contribution in [0.25, 0.3) is 10.9 Å². The zero-order valence-corrected chi connectivity index (χ0v) is 11.5. The number of hydrogen-bond donors (Lipinski definition) is 1. The second kappa shape index (κ2) is 5.17. The van der Waals surface area contributed by atoms with Crippen LogP contribution < -0.4 is 10.1 Å². The Kier molecular flexibility index (Phi) is 3.38. The standard InChI is InChI=1S/C16H20N2O/c1-3-17-13-9-14(10-13)19-15-6-4-5-12-8-7-11(2)18-16(12)15/h4-8,13-14,17H,3,9-10H2,1-2H3. The van der Waals surface area contributed by atoms with Gasteiger partial charge in [-0.3, -0.25) is 0 Å². The molecule has 1 heterocycles. The third kappa shape index (κ3) is 2.56. The molecule has 1 aromatic heterocycles. The van der Waals surface area contributed by atoms with Crippen molar-refractivity contribution in [3.8, 4) is 5.75 Å². The van der Waals surface area contributed by atoms with E-state index in [0.717, 1.165) is 41.7 Å². The van der Waals surface area contributed by atoms with Crippen molar-refractivity contribution < 1.29 is 4.74 Å². The van der Waals surface area contributed by atoms with E-state index in [1.165, 1.54) is 0 Å². The lowest BCUT2D eigenvalue weighted by molar-refractivity contribution is 0.0872. The quantitative estimate of drug-likeness (QED) is 0.913. The van der Waals surface area contributed by atoms with Crippen LogP contribution in [0, 0.1) is 6.92 Å². The Bertz CT molecular complexity index is 576. The average molecular weight is 256 g/mol. The first-order valence-corrected chi connectivity index (χ1v) is 7.02. The summed E-state index contributed by atoms with van der Waals surface area (Å²) in [6.45, 7) is 5.19. The van der Waals surface area contributed by atoms with Gasteiger partial charge in [0.15, 0.2) is 0 Å². The molecule has 0 amide bonds. The van der Waals surface area contributed by atoms with Gasteiger partial charge in [-0.15, -0.1) is 0 Å². The number of ether oxygens (including phenoxy) is 1. The molecule has 3 nitrogen and oxygen atoms in total. The molecule has 3 rings (SSSR count). The van der Waals surface area contributed by atoms with E-state index in [2.05, 4.69) is 29.4 Å². The number of aryl methyl sites for hydroxylation is 1. The van der Waals surface area contributed by atoms with Crippen molar-refractivity contribution in [1.29, 1.82) is 0 Å². The number of benzene rings is 1. The van der Waals surface area contributed by atoms with Gasteiger partial charge in [0.1, 0.15) is 17.4 Å². The van der Waals surface area contributed by atoms with E-state index in [9.17, 15) is 0 Å². The first-order chi connectivity index (χ1) is 9.26. The van der Waals surface area contributed by atoms with Gasteiger partial charge in [-0.05, 0) is 38.4 Å². The van der Waals surface area contributed by atoms with Gasteiger partial charge in [-0.1, -0.05) is 25.1 Å². The molecule has 1 fully saturated rings. The summed E-state index contributed by atoms with van der Waals surface area (Å²) in [7, 11) is 0. The maximum Gasteiger partial charge on any atom is 0.145 e. The van der Waals surface area contributed by atoms with Crippen molar-refractivity contribution in [2.24, 2.45) is 0 Å². The number of para-hydroxylation sites is 1. The Morgan fingerprint density at radius 2 is 2.11 bits per heavy atom. The first kappa shape index (κ1) is 12.4. The minimum Gasteiger partial charge on any atom is -0.488 e. The highest BCUT2D eigenvalue weighted by molar-refractivity contribution is 5.84. The Morgan fingerprint density at radius 1 is 1.26 bits per heavy atom. The highest BCUT2D eigenvalue weighted by atomic mass is 16.5. The predicted molar refractivity (Wildman–Crippen MR) is 77.6 cm³/mol. The summed E-state index contributed by atoms with van der Waals surface area (Å²) in [5.74, 6) is 0.918. The van der Waals surface area contributed by atoms with Crippen molar-refractivity contribution in [2.45, 2.75) is 38.8 Å². The summed E-state index contributed by atoms with van der Waals surface area (Å²) in [5.41, 5.74) is 2.01. The van der Waals surface area contributed by atoms with Crippen molar-refractivity contribution in [3.63, 3.8) is 0 Å². The smallest absolute Gasteiger partial charge is 0.145 e. The molecular formula is C16H20N2O. The van der Waals surface area contributed by atoms with Gasteiger partial charge < -0.3 is 10.1 Å². The van der Waals surface area contributed by atoms with Gasteiger partial charge in [0.25, 0.3) is 0 Å². The summed E-state index contributed by atoms with van der Waals surface area (Å²) >= 11 is 0. The second-order valence-corrected chi connectivity index (χ2v) is 5.25. The minimum atomic E-state index is 0.331. The lowest BCUT2D eigenvalue weighted by Gasteiger charge is -2.35. The largest absolute Gasteiger partial charge is 0.488 e. The SMILES string of the molecule is CCNC1CC(Oc2cccc3ccc(C)nc23)C1. The lowest BCUT2D eigenvalue weighted by atomic mass is 9.89. The van der Waals surface area contributed by atoms with Crippen LogP contribution >= 0.6 is 0 Å². The van der Waals surface area contributed by atoms with Gasteiger partial charge >= 0.3 is 0 Å². The van der Waals surface area contributed by atoms with E-state index in [0.29, 0.717) is 12.1 Å². The summed E-state index contributed by atoms with van der Waals surface area (Å²) in [5, 5.41) is 4.59. The number of aromatic nitrogens is 1. The molecule has 0 atom stereocenters. The van der Waals surface area contributed by atoms with Crippen LogP contribution in [0.2, 0.25) is 0 Å². The number of nitrogens with one attached hydrogen (secondary N) is 1. The van der Waals surface area contributed by atoms with Gasteiger partial charge in [-0.25, -0.2) is 4.98 Å². The molecule has 19 heavy (non-hydrogen) atoms. The second-order valence-electron chi connectivity index (χ2n) is 5.25. The summed E-state index contributed by atoms with van der Waals surface area (Å²) < 4.78 is 6.09. The zero-order valence-electron chi connectivity index (χ0n) is 11.5. The lowest BCUT2D eigenvalue weighted by Crippen LogP contribution is -2.46. The van der Waals surface area contributed by atoms with Gasteiger partial charge in [0.2, 0.25) is 0 Å². The van der Waals surface area contributed by atoms with Crippen molar-refractivity contribution >= 4 is 10.9 Å². The fourth-order valence-electron chi connectivity index (χ4n) is 2.61. The van der Waals surface area contributed by atoms with Gasteiger partial charge in [0.05, 0.1) is 0 Å². The van der Waals surface area contributed by atoms with E-state index in [1.54, 1.807) is 0 Å². The Hall–Kier alpha value is -1.61. The number of fused-ring (bicyclic) bond motifs is 1. The number of rotatable bonds is 4. The Balaban J connectivity index is 1.76. The molecule has 0 spiro atoms. The van der Waals surface area contributed by atoms with Crippen LogP contribution in [0.15, 0.2) is 30.3 Å². The van der Waals surface area contributed by atoms with E-state index in [1.807, 2.05) is 25.1 Å². The molecule has 0 saturated heterocycles. The molecule has 100 valence electrons. The predicted octanol–water partition coefficient (Wildman–Crippen LogP) is 3.06. The van der Waals surface area contributed by atoms with Crippen molar-refractivity contribution in [3.05, 3.63) is 36.0 Å². The van der Waals surface area contributed by atoms with Gasteiger partial charge in [0, 0.05) is 17.1 Å². The molecule has 1 aliphatic rings. The molecule has 0 unspecified atom stereocenters. The molecule has 3 heteroatoms. The third-order valence-corrected chi connectivity index (χ3v) is 3.70. The van der Waals surface area contributed by atoms with Crippen LogP contribution in [0.3, 0.4) is 0 Å². The van der Waals surface area contributed by atoms with Crippen LogP contribution in [0.1, 0.15) is 25.5 Å². The number of pyridine rings is 1. The van der Waals surface area contributed by atoms with Gasteiger partial charge in [-0.2, -0.15) is 0 Å². The van der Waals surface area contributed by atoms with Crippen LogP contribution in [0.4, 0.5) is 0 Å². The molecule has 2 aromatic rings. The maximum atomic E-state index is 6.09. The topological polar surface area (TPSA) is 34.1 Å². The number of hydrogen-bond acceptors (Lipinski definition) is 3. The highest BCUT2D eigenvalue weighted by Crippen LogP contribution is 2.30. The average Bonchev–Trinajstić information content (AvgIpc) is 2.37. The Morgan fingerprint density at radius 3 is 2.89 bits per heavy atom. The molecule has 0 radical (unpaired) electrons. The van der Waals surface area contributed by atoms with E-state index >= 15 is 0 Å². The van der Waals surface area contributed by atoms with E-state index in [4.69, 9.17) is 4.74 Å². The highest BCUT2D eigenvalue weighted by Gasteiger charge is 2.30. The first-order valence-electron chi connectivity index (χ1n) is 7.02. The summed E-state index contributed by atoms with van der Waals surface area (Å²) in [6.07, 6.45) is 2.52. The van der Waals surface area contributed by atoms with Crippen LogP contribution in [-0.2, 0) is 0 Å². The number of nitrogens with zero attached hydrogens (tertiary/aromatic N) is 1. The van der Waals surface area contributed by atoms with Crippen molar-refractivity contribution in [1.82, 2.24) is 10.3 Å². The van der Waals surface area contributed by atoms with Crippen LogP contribution in [0.5, 0.6) is 5.75 Å². The minimum absolute atomic E-state index is 0.331. The summed E-state index contributed by atoms with van der Waals surface area (Å²) in [6, 6.07) is 10.9.